The fourth-order valence-electron chi connectivity index (χ4n) is 7.82. The number of carbonyl (C=O) groups is 6. The molecule has 0 saturated heterocycles. The second-order valence-electron chi connectivity index (χ2n) is 17.5. The molecule has 0 unspecified atom stereocenters. The van der Waals surface area contributed by atoms with E-state index in [-0.39, 0.29) is 47.5 Å². The third-order valence-electron chi connectivity index (χ3n) is 11.8. The third kappa shape index (κ3) is 16.7. The molecule has 13 nitrogen and oxygen atoms in total. The van der Waals surface area contributed by atoms with Crippen molar-refractivity contribution in [3.05, 3.63) is 102 Å². The van der Waals surface area contributed by atoms with Gasteiger partial charge in [-0.05, 0) is 116 Å². The van der Waals surface area contributed by atoms with E-state index < -0.39 is 92.1 Å². The predicted molar refractivity (Wildman–Crippen MR) is 249 cm³/mol. The van der Waals surface area contributed by atoms with Gasteiger partial charge in [0.2, 0.25) is 0 Å². The molecule has 4 rings (SSSR count). The van der Waals surface area contributed by atoms with Gasteiger partial charge in [-0.2, -0.15) is 0 Å². The van der Waals surface area contributed by atoms with E-state index in [1.165, 1.54) is 88.3 Å². The van der Waals surface area contributed by atoms with Crippen LogP contribution in [0.2, 0.25) is 0 Å². The molecule has 0 spiro atoms. The van der Waals surface area contributed by atoms with Gasteiger partial charge in [0, 0.05) is 11.1 Å². The number of benzene rings is 3. The number of methoxy groups -OCH3 is 2. The summed E-state index contributed by atoms with van der Waals surface area (Å²) in [7, 11) is 2.16. The lowest BCUT2D eigenvalue weighted by Gasteiger charge is -2.32. The Balaban J connectivity index is 1.65. The van der Waals surface area contributed by atoms with E-state index in [9.17, 15) is 28.8 Å². The van der Waals surface area contributed by atoms with Crippen molar-refractivity contribution < 1.29 is 70.7 Å². The third-order valence-corrected chi connectivity index (χ3v) is 11.8. The first-order chi connectivity index (χ1) is 32.5. The largest absolute Gasteiger partial charge is 0.492 e. The highest BCUT2D eigenvalue weighted by Gasteiger charge is 2.38. The molecule has 1 aliphatic rings. The minimum Gasteiger partial charge on any atom is -0.492 e. The Kier molecular flexibility index (Phi) is 21.4. The van der Waals surface area contributed by atoms with Crippen molar-refractivity contribution in [3.8, 4) is 28.0 Å². The first kappa shape index (κ1) is 54.2. The zero-order chi connectivity index (χ0) is 49.8. The van der Waals surface area contributed by atoms with E-state index in [1.807, 2.05) is 12.1 Å². The Labute approximate surface area is 397 Å². The van der Waals surface area contributed by atoms with Crippen LogP contribution in [0.3, 0.4) is 0 Å². The molecule has 68 heavy (non-hydrogen) atoms. The van der Waals surface area contributed by atoms with Gasteiger partial charge < -0.3 is 33.2 Å². The van der Waals surface area contributed by atoms with E-state index in [4.69, 9.17) is 23.7 Å². The molecular weight excluding hydrogens is 883 g/mol. The van der Waals surface area contributed by atoms with Gasteiger partial charge in [-0.3, -0.25) is 19.2 Å². The van der Waals surface area contributed by atoms with E-state index in [2.05, 4.69) is 41.7 Å². The average molecular weight is 947 g/mol. The van der Waals surface area contributed by atoms with Crippen LogP contribution in [0, 0.1) is 23.0 Å². The minimum absolute atomic E-state index is 0.0153. The Bertz CT molecular complexity index is 2200. The van der Waals surface area contributed by atoms with Gasteiger partial charge in [-0.15, -0.1) is 0 Å². The summed E-state index contributed by atoms with van der Waals surface area (Å²) < 4.78 is 69.3. The van der Waals surface area contributed by atoms with Crippen molar-refractivity contribution in [1.82, 2.24) is 0 Å². The van der Waals surface area contributed by atoms with Gasteiger partial charge in [0.25, 0.3) is 0 Å². The standard InChI is InChI=1S/C53H64F2O13/c1-8-9-10-12-36-14-16-37(17-15-36)38-18-20-39(21-19-38)42-26-43(54)50(44(55)27-42)41-22-23-45(40(25-41)13-11-24-64-51(60)34(2)3)65-30-53(33-68-52(61)35(4)5,31-66-48(58)28-46(56)62-6)32-67-49(59)29-47(57)63-7/h18-23,25-27,36-37H,2,4,8-17,24,28-33H2,1,3,5-7H3. The molecule has 368 valence electrons. The van der Waals surface area contributed by atoms with E-state index in [0.29, 0.717) is 22.6 Å². The molecule has 0 heterocycles. The Hall–Kier alpha value is -6.38. The highest BCUT2D eigenvalue weighted by atomic mass is 19.1. The van der Waals surface area contributed by atoms with Crippen molar-refractivity contribution in [1.29, 1.82) is 0 Å². The highest BCUT2D eigenvalue weighted by Crippen LogP contribution is 2.39. The van der Waals surface area contributed by atoms with Crippen LogP contribution >= 0.6 is 0 Å². The SMILES string of the molecule is C=C(C)C(=O)OCCCc1cc(-c2c(F)cc(-c3ccc(C4CCC(CCCCC)CC4)cc3)cc2F)ccc1OCC(COC(=O)CC(=O)OC)(COC(=O)CC(=O)OC)COC(=O)C(=C)C. The summed E-state index contributed by atoms with van der Waals surface area (Å²) in [6.07, 6.45) is 8.61. The number of rotatable bonds is 26. The quantitative estimate of drug-likeness (QED) is 0.0246. The Morgan fingerprint density at radius 2 is 1.18 bits per heavy atom. The zero-order valence-corrected chi connectivity index (χ0v) is 39.8. The number of hydrogen-bond acceptors (Lipinski definition) is 13. The van der Waals surface area contributed by atoms with Gasteiger partial charge in [-0.25, -0.2) is 18.4 Å². The summed E-state index contributed by atoms with van der Waals surface area (Å²) in [6.45, 7) is 9.86. The summed E-state index contributed by atoms with van der Waals surface area (Å²) in [6, 6.07) is 14.9. The number of halogens is 2. The van der Waals surface area contributed by atoms with Gasteiger partial charge in [0.15, 0.2) is 0 Å². The van der Waals surface area contributed by atoms with Gasteiger partial charge in [-0.1, -0.05) is 76.1 Å². The molecule has 0 aliphatic heterocycles. The van der Waals surface area contributed by atoms with Crippen LogP contribution in [-0.2, 0) is 63.6 Å². The normalized spacial score (nSPS) is 14.5. The molecular formula is C53H64F2O13. The molecule has 0 N–H and O–H groups in total. The number of ether oxygens (including phenoxy) is 7. The lowest BCUT2D eigenvalue weighted by molar-refractivity contribution is -0.165. The van der Waals surface area contributed by atoms with Crippen molar-refractivity contribution in [3.63, 3.8) is 0 Å². The maximum atomic E-state index is 16.2. The molecule has 1 fully saturated rings. The molecule has 3 aromatic rings. The van der Waals surface area contributed by atoms with E-state index >= 15 is 8.78 Å². The lowest BCUT2D eigenvalue weighted by atomic mass is 9.77. The van der Waals surface area contributed by atoms with Crippen LogP contribution in [0.1, 0.15) is 108 Å². The minimum atomic E-state index is -1.69. The monoisotopic (exact) mass is 946 g/mol. The fraction of sp³-hybridized carbons (Fsp3) is 0.472. The van der Waals surface area contributed by atoms with Crippen molar-refractivity contribution >= 4 is 35.8 Å². The highest BCUT2D eigenvalue weighted by molar-refractivity contribution is 5.92. The summed E-state index contributed by atoms with van der Waals surface area (Å²) in [4.78, 5) is 73.8. The molecule has 0 atom stereocenters. The Morgan fingerprint density at radius 1 is 0.632 bits per heavy atom. The average Bonchev–Trinajstić information content (AvgIpc) is 3.32. The molecule has 15 heteroatoms. The number of unbranched alkanes of at least 4 members (excludes halogenated alkanes) is 2. The predicted octanol–water partition coefficient (Wildman–Crippen LogP) is 9.90. The molecule has 1 aliphatic carbocycles. The molecule has 0 aromatic heterocycles. The fourth-order valence-corrected chi connectivity index (χ4v) is 7.82. The van der Waals surface area contributed by atoms with Gasteiger partial charge >= 0.3 is 35.8 Å². The molecule has 0 amide bonds. The van der Waals surface area contributed by atoms with E-state index in [0.717, 1.165) is 33.0 Å². The maximum absolute atomic E-state index is 16.2. The molecule has 0 radical (unpaired) electrons. The smallest absolute Gasteiger partial charge is 0.333 e. The molecule has 1 saturated carbocycles. The first-order valence-electron chi connectivity index (χ1n) is 22.9. The van der Waals surface area contributed by atoms with Crippen LogP contribution < -0.4 is 4.74 Å². The number of carbonyl (C=O) groups excluding carboxylic acids is 6. The van der Waals surface area contributed by atoms with Crippen molar-refractivity contribution in [2.24, 2.45) is 11.3 Å². The van der Waals surface area contributed by atoms with Crippen LogP contribution in [0.4, 0.5) is 8.78 Å². The van der Waals surface area contributed by atoms with Crippen LogP contribution in [0.25, 0.3) is 22.3 Å². The second kappa shape index (κ2) is 26.8. The van der Waals surface area contributed by atoms with Crippen LogP contribution in [-0.4, -0.2) is 83.1 Å². The van der Waals surface area contributed by atoms with E-state index in [1.54, 1.807) is 0 Å². The number of aryl methyl sites for hydroxylation is 1. The lowest BCUT2D eigenvalue weighted by Crippen LogP contribution is -2.44. The van der Waals surface area contributed by atoms with Gasteiger partial charge in [0.1, 0.15) is 62.1 Å². The number of esters is 6. The molecule has 0 bridgehead atoms. The van der Waals surface area contributed by atoms with Crippen LogP contribution in [0.5, 0.6) is 5.75 Å². The van der Waals surface area contributed by atoms with Crippen molar-refractivity contribution in [2.75, 3.05) is 47.3 Å². The Morgan fingerprint density at radius 3 is 1.72 bits per heavy atom. The maximum Gasteiger partial charge on any atom is 0.333 e. The topological polar surface area (TPSA) is 167 Å². The van der Waals surface area contributed by atoms with Gasteiger partial charge in [0.05, 0.1) is 26.4 Å². The molecule has 3 aromatic carbocycles. The summed E-state index contributed by atoms with van der Waals surface area (Å²) in [5.74, 6) is -5.51. The first-order valence-corrected chi connectivity index (χ1v) is 22.9. The second-order valence-corrected chi connectivity index (χ2v) is 17.5. The number of hydrogen-bond donors (Lipinski definition) is 0. The summed E-state index contributed by atoms with van der Waals surface area (Å²) in [5, 5.41) is 0. The summed E-state index contributed by atoms with van der Waals surface area (Å²) >= 11 is 0. The van der Waals surface area contributed by atoms with Crippen molar-refractivity contribution in [2.45, 2.75) is 104 Å². The summed E-state index contributed by atoms with van der Waals surface area (Å²) in [5.41, 5.74) is 1.08. The zero-order valence-electron chi connectivity index (χ0n) is 39.8. The van der Waals surface area contributed by atoms with Crippen LogP contribution in [0.15, 0.2) is 78.9 Å².